The van der Waals surface area contributed by atoms with Gasteiger partial charge in [0.25, 0.3) is 0 Å². The van der Waals surface area contributed by atoms with Crippen LogP contribution in [0, 0.1) is 0 Å². The van der Waals surface area contributed by atoms with Gasteiger partial charge in [0.1, 0.15) is 0 Å². The molecule has 0 spiro atoms. The maximum absolute atomic E-state index is 5.68. The Hall–Kier alpha value is -1.80. The van der Waals surface area contributed by atoms with Crippen molar-refractivity contribution in [1.29, 1.82) is 0 Å². The van der Waals surface area contributed by atoms with Crippen molar-refractivity contribution in [3.8, 4) is 0 Å². The molecular weight excluding hydrogens is 244 g/mol. The predicted molar refractivity (Wildman–Crippen MR) is 86.5 cm³/mol. The lowest BCUT2D eigenvalue weighted by atomic mass is 9.87. The fraction of sp³-hybridized carbons (Fsp3) is 0.333. The summed E-state index contributed by atoms with van der Waals surface area (Å²) in [6.45, 7) is 8.46. The van der Waals surface area contributed by atoms with Gasteiger partial charge in [-0.3, -0.25) is 0 Å². The molecule has 2 heteroatoms. The van der Waals surface area contributed by atoms with Gasteiger partial charge in [0, 0.05) is 18.8 Å². The molecule has 0 aliphatic rings. The van der Waals surface area contributed by atoms with Crippen LogP contribution in [0.2, 0.25) is 0 Å². The first-order chi connectivity index (χ1) is 9.45. The smallest absolute Gasteiger partial charge is 0.0314 e. The van der Waals surface area contributed by atoms with Crippen molar-refractivity contribution in [2.45, 2.75) is 39.3 Å². The highest BCUT2D eigenvalue weighted by atomic mass is 14.8. The van der Waals surface area contributed by atoms with Crippen LogP contribution in [0.1, 0.15) is 37.5 Å². The van der Waals surface area contributed by atoms with Crippen molar-refractivity contribution in [2.75, 3.05) is 5.73 Å². The highest BCUT2D eigenvalue weighted by Gasteiger charge is 2.12. The van der Waals surface area contributed by atoms with Crippen LogP contribution in [0.5, 0.6) is 0 Å². The summed E-state index contributed by atoms with van der Waals surface area (Å²) >= 11 is 0. The summed E-state index contributed by atoms with van der Waals surface area (Å²) in [6.07, 6.45) is 0. The molecule has 3 N–H and O–H groups in total. The van der Waals surface area contributed by atoms with Crippen LogP contribution in [0.15, 0.2) is 48.5 Å². The average Bonchev–Trinajstić information content (AvgIpc) is 2.41. The summed E-state index contributed by atoms with van der Waals surface area (Å²) in [6, 6.07) is 16.9. The molecule has 0 saturated carbocycles. The summed E-state index contributed by atoms with van der Waals surface area (Å²) in [7, 11) is 0. The zero-order valence-electron chi connectivity index (χ0n) is 12.6. The molecule has 0 saturated heterocycles. The minimum atomic E-state index is 0.218. The number of nitrogen functional groups attached to an aromatic ring is 1. The van der Waals surface area contributed by atoms with Crippen LogP contribution in [0.3, 0.4) is 0 Å². The average molecular weight is 268 g/mol. The zero-order valence-corrected chi connectivity index (χ0v) is 12.6. The molecule has 2 aromatic carbocycles. The Morgan fingerprint density at radius 3 is 1.70 bits per heavy atom. The summed E-state index contributed by atoms with van der Waals surface area (Å²) in [4.78, 5) is 0. The molecule has 2 rings (SSSR count). The first kappa shape index (κ1) is 14.6. The minimum Gasteiger partial charge on any atom is -0.399 e. The molecule has 0 atom stereocenters. The molecule has 2 aromatic rings. The summed E-state index contributed by atoms with van der Waals surface area (Å²) in [5, 5.41) is 3.45. The van der Waals surface area contributed by atoms with E-state index in [1.807, 2.05) is 12.1 Å². The van der Waals surface area contributed by atoms with Crippen LogP contribution >= 0.6 is 0 Å². The van der Waals surface area contributed by atoms with Gasteiger partial charge in [0.2, 0.25) is 0 Å². The zero-order chi connectivity index (χ0) is 14.6. The molecule has 0 aliphatic heterocycles. The second kappa shape index (κ2) is 6.10. The Kier molecular flexibility index (Phi) is 4.46. The predicted octanol–water partition coefficient (Wildman–Crippen LogP) is 3.86. The standard InChI is InChI=1S/C18H24N2/c1-18(2,3)16-8-4-14(5-9-16)12-20-13-15-6-10-17(19)11-7-15/h4-11,20H,12-13,19H2,1-3H3. The van der Waals surface area contributed by atoms with Gasteiger partial charge in [0.15, 0.2) is 0 Å². The monoisotopic (exact) mass is 268 g/mol. The number of nitrogens with two attached hydrogens (primary N) is 1. The van der Waals surface area contributed by atoms with E-state index in [2.05, 4.69) is 62.5 Å². The Morgan fingerprint density at radius 2 is 1.25 bits per heavy atom. The Labute approximate surface area is 122 Å². The fourth-order valence-electron chi connectivity index (χ4n) is 2.11. The van der Waals surface area contributed by atoms with Gasteiger partial charge in [-0.05, 0) is 34.2 Å². The van der Waals surface area contributed by atoms with Gasteiger partial charge in [-0.2, -0.15) is 0 Å². The molecule has 0 aromatic heterocycles. The van der Waals surface area contributed by atoms with Gasteiger partial charge in [-0.15, -0.1) is 0 Å². The molecule has 2 nitrogen and oxygen atoms in total. The number of benzene rings is 2. The summed E-state index contributed by atoms with van der Waals surface area (Å²) in [5.41, 5.74) is 10.6. The molecule has 0 radical (unpaired) electrons. The largest absolute Gasteiger partial charge is 0.399 e. The van der Waals surface area contributed by atoms with Crippen molar-refractivity contribution in [1.82, 2.24) is 5.32 Å². The molecule has 0 bridgehead atoms. The number of anilines is 1. The van der Waals surface area contributed by atoms with Crippen molar-refractivity contribution in [2.24, 2.45) is 0 Å². The van der Waals surface area contributed by atoms with Crippen LogP contribution < -0.4 is 11.1 Å². The summed E-state index contributed by atoms with van der Waals surface area (Å²) < 4.78 is 0. The highest BCUT2D eigenvalue weighted by Crippen LogP contribution is 2.22. The molecule has 106 valence electrons. The van der Waals surface area contributed by atoms with E-state index in [1.54, 1.807) is 0 Å². The molecule has 0 fully saturated rings. The lowest BCUT2D eigenvalue weighted by molar-refractivity contribution is 0.589. The second-order valence-corrected chi connectivity index (χ2v) is 6.29. The SMILES string of the molecule is CC(C)(C)c1ccc(CNCc2ccc(N)cc2)cc1. The van der Waals surface area contributed by atoms with E-state index in [9.17, 15) is 0 Å². The maximum atomic E-state index is 5.68. The minimum absolute atomic E-state index is 0.218. The van der Waals surface area contributed by atoms with Crippen LogP contribution in [-0.2, 0) is 18.5 Å². The van der Waals surface area contributed by atoms with E-state index < -0.39 is 0 Å². The van der Waals surface area contributed by atoms with E-state index in [0.717, 1.165) is 18.8 Å². The van der Waals surface area contributed by atoms with Crippen molar-refractivity contribution in [3.05, 3.63) is 65.2 Å². The number of hydrogen-bond acceptors (Lipinski definition) is 2. The summed E-state index contributed by atoms with van der Waals surface area (Å²) in [5.74, 6) is 0. The Morgan fingerprint density at radius 1 is 0.800 bits per heavy atom. The van der Waals surface area contributed by atoms with Gasteiger partial charge < -0.3 is 11.1 Å². The lowest BCUT2D eigenvalue weighted by Crippen LogP contribution is -2.14. The van der Waals surface area contributed by atoms with Crippen molar-refractivity contribution >= 4 is 5.69 Å². The van der Waals surface area contributed by atoms with Crippen LogP contribution in [0.4, 0.5) is 5.69 Å². The van der Waals surface area contributed by atoms with E-state index in [1.165, 1.54) is 16.7 Å². The Balaban J connectivity index is 1.87. The van der Waals surface area contributed by atoms with Crippen molar-refractivity contribution < 1.29 is 0 Å². The van der Waals surface area contributed by atoms with Gasteiger partial charge in [-0.25, -0.2) is 0 Å². The molecule has 20 heavy (non-hydrogen) atoms. The third-order valence-electron chi connectivity index (χ3n) is 3.46. The lowest BCUT2D eigenvalue weighted by Gasteiger charge is -2.19. The number of rotatable bonds is 4. The highest BCUT2D eigenvalue weighted by molar-refractivity contribution is 5.39. The molecule has 0 unspecified atom stereocenters. The first-order valence-electron chi connectivity index (χ1n) is 7.10. The first-order valence-corrected chi connectivity index (χ1v) is 7.10. The van der Waals surface area contributed by atoms with Crippen molar-refractivity contribution in [3.63, 3.8) is 0 Å². The van der Waals surface area contributed by atoms with Gasteiger partial charge in [-0.1, -0.05) is 57.2 Å². The molecule has 0 amide bonds. The Bertz CT molecular complexity index is 533. The topological polar surface area (TPSA) is 38.0 Å². The van der Waals surface area contributed by atoms with E-state index in [4.69, 9.17) is 5.73 Å². The van der Waals surface area contributed by atoms with Gasteiger partial charge in [0.05, 0.1) is 0 Å². The quantitative estimate of drug-likeness (QED) is 0.826. The van der Waals surface area contributed by atoms with E-state index in [0.29, 0.717) is 0 Å². The fourth-order valence-corrected chi connectivity index (χ4v) is 2.11. The second-order valence-electron chi connectivity index (χ2n) is 6.29. The maximum Gasteiger partial charge on any atom is 0.0314 e. The third-order valence-corrected chi connectivity index (χ3v) is 3.46. The number of nitrogens with one attached hydrogen (secondary N) is 1. The van der Waals surface area contributed by atoms with E-state index in [-0.39, 0.29) is 5.41 Å². The van der Waals surface area contributed by atoms with Crippen LogP contribution in [-0.4, -0.2) is 0 Å². The molecule has 0 heterocycles. The van der Waals surface area contributed by atoms with Gasteiger partial charge >= 0.3 is 0 Å². The molecule has 0 aliphatic carbocycles. The third kappa shape index (κ3) is 4.10. The number of hydrogen-bond donors (Lipinski definition) is 2. The normalized spacial score (nSPS) is 11.6. The van der Waals surface area contributed by atoms with E-state index >= 15 is 0 Å². The molecular formula is C18H24N2. The van der Waals surface area contributed by atoms with Crippen LogP contribution in [0.25, 0.3) is 0 Å².